The molecule has 0 spiro atoms. The highest BCUT2D eigenvalue weighted by atomic mass is 32.2. The maximum atomic E-state index is 12.7. The molecule has 1 aromatic carbocycles. The van der Waals surface area contributed by atoms with Gasteiger partial charge in [0.15, 0.2) is 0 Å². The molecule has 0 fully saturated rings. The average Bonchev–Trinajstić information content (AvgIpc) is 2.86. The van der Waals surface area contributed by atoms with E-state index in [9.17, 15) is 22.0 Å². The number of hydrogen-bond acceptors (Lipinski definition) is 3. The molecule has 0 saturated carbocycles. The van der Waals surface area contributed by atoms with E-state index in [2.05, 4.69) is 5.10 Å². The molecule has 0 atom stereocenters. The van der Waals surface area contributed by atoms with Crippen LogP contribution >= 0.6 is 11.8 Å². The molecule has 0 amide bonds. The number of aryl methyl sites for hydroxylation is 1. The average molecular weight is 347 g/mol. The number of halogens is 5. The molecule has 0 saturated heterocycles. The molecule has 2 aromatic rings. The Morgan fingerprint density at radius 2 is 2.00 bits per heavy atom. The molecule has 23 heavy (non-hydrogen) atoms. The molecule has 0 N–H and O–H groups in total. The molecule has 0 radical (unpaired) electrons. The maximum absolute atomic E-state index is 12.7. The minimum Gasteiger partial charge on any atom is -0.267 e. The van der Waals surface area contributed by atoms with Gasteiger partial charge in [0.1, 0.15) is 11.8 Å². The first-order chi connectivity index (χ1) is 10.7. The third kappa shape index (κ3) is 4.22. The van der Waals surface area contributed by atoms with Crippen molar-refractivity contribution in [2.45, 2.75) is 17.5 Å². The van der Waals surface area contributed by atoms with Crippen molar-refractivity contribution >= 4 is 11.8 Å². The SMILES string of the molecule is Cn1nc(C(F)F)cc1-c1ccc(C#N)c(SCC(F)(F)F)c1. The first-order valence-electron chi connectivity index (χ1n) is 6.27. The molecule has 9 heteroatoms. The minimum absolute atomic E-state index is 0.0965. The van der Waals surface area contributed by atoms with E-state index in [-0.39, 0.29) is 10.5 Å². The van der Waals surface area contributed by atoms with E-state index in [1.165, 1.54) is 36.0 Å². The van der Waals surface area contributed by atoms with E-state index in [1.54, 1.807) is 0 Å². The van der Waals surface area contributed by atoms with E-state index >= 15 is 0 Å². The van der Waals surface area contributed by atoms with Gasteiger partial charge < -0.3 is 0 Å². The Kier molecular flexibility index (Phi) is 4.94. The molecule has 0 unspecified atom stereocenters. The molecular weight excluding hydrogens is 337 g/mol. The fourth-order valence-electron chi connectivity index (χ4n) is 1.92. The Morgan fingerprint density at radius 3 is 2.52 bits per heavy atom. The topological polar surface area (TPSA) is 41.6 Å². The summed E-state index contributed by atoms with van der Waals surface area (Å²) in [5.74, 6) is -1.14. The van der Waals surface area contributed by atoms with Crippen LogP contribution in [0.2, 0.25) is 0 Å². The quantitative estimate of drug-likeness (QED) is 0.602. The van der Waals surface area contributed by atoms with E-state index in [1.807, 2.05) is 6.07 Å². The van der Waals surface area contributed by atoms with Crippen LogP contribution in [0.25, 0.3) is 11.3 Å². The van der Waals surface area contributed by atoms with Crippen LogP contribution in [0.1, 0.15) is 17.7 Å². The summed E-state index contributed by atoms with van der Waals surface area (Å²) in [6.07, 6.45) is -7.12. The van der Waals surface area contributed by atoms with E-state index < -0.39 is 24.0 Å². The van der Waals surface area contributed by atoms with Crippen molar-refractivity contribution < 1.29 is 22.0 Å². The van der Waals surface area contributed by atoms with Crippen molar-refractivity contribution in [1.82, 2.24) is 9.78 Å². The van der Waals surface area contributed by atoms with Gasteiger partial charge in [0.05, 0.1) is 17.0 Å². The van der Waals surface area contributed by atoms with Crippen LogP contribution < -0.4 is 0 Å². The zero-order chi connectivity index (χ0) is 17.2. The second kappa shape index (κ2) is 6.58. The van der Waals surface area contributed by atoms with Gasteiger partial charge in [-0.05, 0) is 18.2 Å². The standard InChI is InChI=1S/C14H10F5N3S/c1-22-11(5-10(21-22)13(15)16)8-2-3-9(6-20)12(4-8)23-7-14(17,18)19/h2-5,13H,7H2,1H3. The largest absolute Gasteiger partial charge is 0.398 e. The number of benzene rings is 1. The van der Waals surface area contributed by atoms with Crippen LogP contribution in [0, 0.1) is 11.3 Å². The van der Waals surface area contributed by atoms with E-state index in [0.717, 1.165) is 0 Å². The van der Waals surface area contributed by atoms with Crippen LogP contribution in [0.5, 0.6) is 0 Å². The normalized spacial score (nSPS) is 11.7. The zero-order valence-corrected chi connectivity index (χ0v) is 12.6. The predicted molar refractivity (Wildman–Crippen MR) is 75.1 cm³/mol. The smallest absolute Gasteiger partial charge is 0.267 e. The van der Waals surface area contributed by atoms with E-state index in [0.29, 0.717) is 23.0 Å². The number of alkyl halides is 5. The minimum atomic E-state index is -4.37. The van der Waals surface area contributed by atoms with Gasteiger partial charge in [0.2, 0.25) is 0 Å². The first kappa shape index (κ1) is 17.3. The highest BCUT2D eigenvalue weighted by molar-refractivity contribution is 7.99. The predicted octanol–water partition coefficient (Wildman–Crippen LogP) is 4.55. The summed E-state index contributed by atoms with van der Waals surface area (Å²) >= 11 is 0.481. The fourth-order valence-corrected chi connectivity index (χ4v) is 2.72. The fraction of sp³-hybridized carbons (Fsp3) is 0.286. The molecule has 0 aliphatic carbocycles. The number of hydrogen-bond donors (Lipinski definition) is 0. The van der Waals surface area contributed by atoms with Gasteiger partial charge in [-0.1, -0.05) is 6.07 Å². The van der Waals surface area contributed by atoms with Crippen LogP contribution in [0.15, 0.2) is 29.2 Å². The van der Waals surface area contributed by atoms with Crippen molar-refractivity contribution in [1.29, 1.82) is 5.26 Å². The van der Waals surface area contributed by atoms with Crippen molar-refractivity contribution in [3.63, 3.8) is 0 Å². The monoisotopic (exact) mass is 347 g/mol. The van der Waals surface area contributed by atoms with Gasteiger partial charge in [-0.25, -0.2) is 8.78 Å². The van der Waals surface area contributed by atoms with Gasteiger partial charge in [-0.15, -0.1) is 11.8 Å². The summed E-state index contributed by atoms with van der Waals surface area (Å²) in [4.78, 5) is 0.141. The summed E-state index contributed by atoms with van der Waals surface area (Å²) < 4.78 is 63.6. The number of aromatic nitrogens is 2. The van der Waals surface area contributed by atoms with Crippen molar-refractivity contribution in [3.05, 3.63) is 35.5 Å². The molecule has 122 valence electrons. The third-order valence-electron chi connectivity index (χ3n) is 2.91. The maximum Gasteiger partial charge on any atom is 0.398 e. The molecule has 0 aliphatic rings. The van der Waals surface area contributed by atoms with Gasteiger partial charge in [-0.3, -0.25) is 4.68 Å². The molecule has 2 rings (SSSR count). The molecule has 3 nitrogen and oxygen atoms in total. The highest BCUT2D eigenvalue weighted by Crippen LogP contribution is 2.33. The Bertz CT molecular complexity index is 746. The summed E-state index contributed by atoms with van der Waals surface area (Å²) in [5.41, 5.74) is 0.421. The summed E-state index contributed by atoms with van der Waals surface area (Å²) in [5, 5.41) is 12.6. The number of nitrogens with zero attached hydrogens (tertiary/aromatic N) is 3. The molecule has 0 aliphatic heterocycles. The summed E-state index contributed by atoms with van der Waals surface area (Å²) in [6, 6.07) is 7.22. The second-order valence-electron chi connectivity index (χ2n) is 4.61. The lowest BCUT2D eigenvalue weighted by Crippen LogP contribution is -2.10. The molecule has 1 aromatic heterocycles. The number of rotatable bonds is 4. The molecular formula is C14H10F5N3S. The Morgan fingerprint density at radius 1 is 1.30 bits per heavy atom. The molecule has 1 heterocycles. The zero-order valence-electron chi connectivity index (χ0n) is 11.7. The summed E-state index contributed by atoms with van der Waals surface area (Å²) in [7, 11) is 1.46. The Balaban J connectivity index is 2.39. The van der Waals surface area contributed by atoms with Gasteiger partial charge >= 0.3 is 6.18 Å². The van der Waals surface area contributed by atoms with Crippen molar-refractivity contribution in [2.75, 3.05) is 5.75 Å². The first-order valence-corrected chi connectivity index (χ1v) is 7.26. The van der Waals surface area contributed by atoms with Gasteiger partial charge in [0.25, 0.3) is 6.43 Å². The lowest BCUT2D eigenvalue weighted by Gasteiger charge is -2.09. The lowest BCUT2D eigenvalue weighted by molar-refractivity contribution is -0.105. The lowest BCUT2D eigenvalue weighted by atomic mass is 10.1. The van der Waals surface area contributed by atoms with Crippen molar-refractivity contribution in [2.24, 2.45) is 7.05 Å². The number of nitriles is 1. The molecule has 0 bridgehead atoms. The van der Waals surface area contributed by atoms with Crippen LogP contribution in [-0.2, 0) is 7.05 Å². The highest BCUT2D eigenvalue weighted by Gasteiger charge is 2.28. The third-order valence-corrected chi connectivity index (χ3v) is 4.03. The Hall–Kier alpha value is -2.08. The van der Waals surface area contributed by atoms with Gasteiger partial charge in [0, 0.05) is 17.5 Å². The van der Waals surface area contributed by atoms with Gasteiger partial charge in [-0.2, -0.15) is 23.5 Å². The van der Waals surface area contributed by atoms with E-state index in [4.69, 9.17) is 5.26 Å². The van der Waals surface area contributed by atoms with Crippen molar-refractivity contribution in [3.8, 4) is 17.3 Å². The summed E-state index contributed by atoms with van der Waals surface area (Å²) in [6.45, 7) is 0. The Labute approximate surface area is 132 Å². The van der Waals surface area contributed by atoms with Crippen LogP contribution in [0.3, 0.4) is 0 Å². The van der Waals surface area contributed by atoms with Crippen LogP contribution in [-0.4, -0.2) is 21.7 Å². The number of thioether (sulfide) groups is 1. The second-order valence-corrected chi connectivity index (χ2v) is 5.62. The van der Waals surface area contributed by atoms with Crippen LogP contribution in [0.4, 0.5) is 22.0 Å².